The number of fused-ring (bicyclic) bond motifs is 2. The summed E-state index contributed by atoms with van der Waals surface area (Å²) in [7, 11) is 0. The molecule has 1 aliphatic rings. The summed E-state index contributed by atoms with van der Waals surface area (Å²) in [5, 5.41) is 0. The lowest BCUT2D eigenvalue weighted by molar-refractivity contribution is 0.112. The molecule has 0 fully saturated rings. The van der Waals surface area contributed by atoms with E-state index in [9.17, 15) is 4.79 Å². The van der Waals surface area contributed by atoms with Gasteiger partial charge in [-0.1, -0.05) is 79.7 Å². The van der Waals surface area contributed by atoms with Crippen LogP contribution < -0.4 is 4.90 Å². The van der Waals surface area contributed by atoms with Gasteiger partial charge in [0.05, 0.1) is 11.4 Å². The second-order valence-electron chi connectivity index (χ2n) is 11.6. The van der Waals surface area contributed by atoms with E-state index in [1.54, 1.807) is 0 Å². The molecular formula is C30H35NO. The summed E-state index contributed by atoms with van der Waals surface area (Å²) in [6, 6.07) is 21.9. The molecule has 0 saturated carbocycles. The highest BCUT2D eigenvalue weighted by atomic mass is 16.1. The lowest BCUT2D eigenvalue weighted by Gasteiger charge is -2.43. The summed E-state index contributed by atoms with van der Waals surface area (Å²) in [5.41, 5.74) is 9.27. The van der Waals surface area contributed by atoms with Crippen molar-refractivity contribution in [2.24, 2.45) is 0 Å². The van der Waals surface area contributed by atoms with Crippen LogP contribution in [-0.2, 0) is 16.2 Å². The van der Waals surface area contributed by atoms with E-state index in [1.165, 1.54) is 27.9 Å². The maximum absolute atomic E-state index is 11.6. The molecule has 3 aromatic rings. The molecule has 1 aliphatic heterocycles. The summed E-state index contributed by atoms with van der Waals surface area (Å²) < 4.78 is 0. The molecule has 0 amide bonds. The van der Waals surface area contributed by atoms with Crippen molar-refractivity contribution >= 4 is 23.3 Å². The van der Waals surface area contributed by atoms with Crippen LogP contribution in [0.1, 0.15) is 88.0 Å². The Morgan fingerprint density at radius 2 is 1.19 bits per heavy atom. The smallest absolute Gasteiger partial charge is 0.150 e. The highest BCUT2D eigenvalue weighted by Crippen LogP contribution is 2.52. The number of benzene rings is 3. The molecule has 0 spiro atoms. The number of nitrogens with zero attached hydrogens (tertiary/aromatic N) is 1. The van der Waals surface area contributed by atoms with E-state index in [0.717, 1.165) is 23.2 Å². The van der Waals surface area contributed by atoms with Gasteiger partial charge < -0.3 is 4.90 Å². The average molecular weight is 426 g/mol. The maximum atomic E-state index is 11.6. The van der Waals surface area contributed by atoms with Gasteiger partial charge >= 0.3 is 0 Å². The van der Waals surface area contributed by atoms with Crippen molar-refractivity contribution in [3.63, 3.8) is 0 Å². The first kappa shape index (κ1) is 22.3. The van der Waals surface area contributed by atoms with Crippen LogP contribution >= 0.6 is 0 Å². The third-order valence-electron chi connectivity index (χ3n) is 6.84. The van der Waals surface area contributed by atoms with Crippen molar-refractivity contribution in [3.8, 4) is 0 Å². The molecule has 3 aromatic carbocycles. The van der Waals surface area contributed by atoms with Crippen molar-refractivity contribution in [3.05, 3.63) is 88.5 Å². The molecule has 0 radical (unpaired) electrons. The molecule has 0 aromatic heterocycles. The average Bonchev–Trinajstić information content (AvgIpc) is 2.72. The summed E-state index contributed by atoms with van der Waals surface area (Å²) in [5.74, 6) is 0. The molecule has 0 saturated heterocycles. The number of rotatable bonds is 2. The third kappa shape index (κ3) is 3.66. The van der Waals surface area contributed by atoms with Gasteiger partial charge in [-0.2, -0.15) is 0 Å². The number of carbonyl (C=O) groups is 1. The molecule has 0 atom stereocenters. The molecule has 0 bridgehead atoms. The van der Waals surface area contributed by atoms with Crippen LogP contribution in [0.2, 0.25) is 0 Å². The predicted octanol–water partition coefficient (Wildman–Crippen LogP) is 8.20. The lowest BCUT2D eigenvalue weighted by Crippen LogP contribution is -2.31. The standard InChI is InChI=1S/C30H35NO/c1-28(2,3)21-10-13-23(14-11-21)31-26-15-9-20(19-32)17-24(26)30(7,8)25-18-22(29(4,5)6)12-16-27(25)31/h9-19H,1-8H3. The van der Waals surface area contributed by atoms with Crippen LogP contribution in [0.4, 0.5) is 17.1 Å². The Morgan fingerprint density at radius 3 is 1.72 bits per heavy atom. The van der Waals surface area contributed by atoms with Crippen LogP contribution in [0.5, 0.6) is 0 Å². The van der Waals surface area contributed by atoms with Gasteiger partial charge in [0.25, 0.3) is 0 Å². The van der Waals surface area contributed by atoms with E-state index >= 15 is 0 Å². The molecule has 2 heteroatoms. The van der Waals surface area contributed by atoms with Crippen LogP contribution in [0.3, 0.4) is 0 Å². The van der Waals surface area contributed by atoms with Crippen molar-refractivity contribution in [1.82, 2.24) is 0 Å². The normalized spacial score (nSPS) is 15.2. The number of hydrogen-bond donors (Lipinski definition) is 0. The lowest BCUT2D eigenvalue weighted by atomic mass is 9.71. The van der Waals surface area contributed by atoms with Crippen molar-refractivity contribution < 1.29 is 4.79 Å². The Bertz CT molecular complexity index is 1170. The minimum Gasteiger partial charge on any atom is -0.310 e. The minimum atomic E-state index is -0.215. The van der Waals surface area contributed by atoms with Gasteiger partial charge in [-0.05, 0) is 69.5 Å². The molecule has 166 valence electrons. The zero-order chi connectivity index (χ0) is 23.5. The van der Waals surface area contributed by atoms with Gasteiger partial charge in [0, 0.05) is 16.7 Å². The molecule has 4 rings (SSSR count). The Balaban J connectivity index is 1.98. The Hall–Kier alpha value is -2.87. The quantitative estimate of drug-likeness (QED) is 0.386. The van der Waals surface area contributed by atoms with Gasteiger partial charge in [0.2, 0.25) is 0 Å². The molecule has 1 heterocycles. The highest BCUT2D eigenvalue weighted by Gasteiger charge is 2.38. The van der Waals surface area contributed by atoms with Gasteiger partial charge in [-0.25, -0.2) is 0 Å². The first-order valence-electron chi connectivity index (χ1n) is 11.5. The predicted molar refractivity (Wildman–Crippen MR) is 136 cm³/mol. The highest BCUT2D eigenvalue weighted by molar-refractivity contribution is 5.88. The number of carbonyl (C=O) groups excluding carboxylic acids is 1. The fourth-order valence-corrected chi connectivity index (χ4v) is 4.68. The minimum absolute atomic E-state index is 0.0647. The van der Waals surface area contributed by atoms with Crippen LogP contribution in [0, 0.1) is 0 Å². The van der Waals surface area contributed by atoms with E-state index < -0.39 is 0 Å². The van der Waals surface area contributed by atoms with Gasteiger partial charge in [0.15, 0.2) is 0 Å². The maximum Gasteiger partial charge on any atom is 0.150 e. The number of hydrogen-bond acceptors (Lipinski definition) is 2. The van der Waals surface area contributed by atoms with Gasteiger partial charge in [-0.15, -0.1) is 0 Å². The number of anilines is 3. The molecule has 0 aliphatic carbocycles. The van der Waals surface area contributed by atoms with Crippen LogP contribution in [-0.4, -0.2) is 6.29 Å². The van der Waals surface area contributed by atoms with Crippen LogP contribution in [0.25, 0.3) is 0 Å². The Morgan fingerprint density at radius 1 is 0.688 bits per heavy atom. The monoisotopic (exact) mass is 425 g/mol. The Kier molecular flexibility index (Phi) is 5.12. The van der Waals surface area contributed by atoms with Gasteiger partial charge in [0.1, 0.15) is 6.29 Å². The fraction of sp³-hybridized carbons (Fsp3) is 0.367. The second-order valence-corrected chi connectivity index (χ2v) is 11.6. The van der Waals surface area contributed by atoms with E-state index in [0.29, 0.717) is 0 Å². The first-order chi connectivity index (χ1) is 14.8. The second kappa shape index (κ2) is 7.33. The molecule has 2 nitrogen and oxygen atoms in total. The summed E-state index contributed by atoms with van der Waals surface area (Å²) >= 11 is 0. The van der Waals surface area contributed by atoms with E-state index in [4.69, 9.17) is 0 Å². The summed E-state index contributed by atoms with van der Waals surface area (Å²) in [6.45, 7) is 18.0. The first-order valence-corrected chi connectivity index (χ1v) is 11.5. The molecular weight excluding hydrogens is 390 g/mol. The molecule has 0 N–H and O–H groups in total. The topological polar surface area (TPSA) is 20.3 Å². The van der Waals surface area contributed by atoms with Crippen molar-refractivity contribution in [2.45, 2.75) is 71.6 Å². The Labute approximate surface area is 193 Å². The van der Waals surface area contributed by atoms with E-state index in [-0.39, 0.29) is 16.2 Å². The molecule has 0 unspecified atom stereocenters. The zero-order valence-electron chi connectivity index (χ0n) is 20.7. The van der Waals surface area contributed by atoms with Crippen molar-refractivity contribution in [1.29, 1.82) is 0 Å². The summed E-state index contributed by atoms with van der Waals surface area (Å²) in [4.78, 5) is 14.0. The zero-order valence-corrected chi connectivity index (χ0v) is 20.7. The SMILES string of the molecule is CC(C)(C)c1ccc(N2c3ccc(C=O)cc3C(C)(C)c3cc(C(C)(C)C)ccc32)cc1. The van der Waals surface area contributed by atoms with Crippen molar-refractivity contribution in [2.75, 3.05) is 4.90 Å². The number of aldehydes is 1. The van der Waals surface area contributed by atoms with E-state index in [1.807, 2.05) is 6.07 Å². The largest absolute Gasteiger partial charge is 0.310 e. The van der Waals surface area contributed by atoms with Gasteiger partial charge in [-0.3, -0.25) is 4.79 Å². The summed E-state index contributed by atoms with van der Waals surface area (Å²) in [6.07, 6.45) is 0.944. The van der Waals surface area contributed by atoms with Crippen LogP contribution in [0.15, 0.2) is 60.7 Å². The third-order valence-corrected chi connectivity index (χ3v) is 6.84. The molecule has 32 heavy (non-hydrogen) atoms. The fourth-order valence-electron chi connectivity index (χ4n) is 4.68. The van der Waals surface area contributed by atoms with E-state index in [2.05, 4.69) is 115 Å².